The van der Waals surface area contributed by atoms with E-state index in [0.717, 1.165) is 10.6 Å². The van der Waals surface area contributed by atoms with Gasteiger partial charge in [-0.05, 0) is 50.1 Å². The van der Waals surface area contributed by atoms with E-state index in [1.807, 2.05) is 13.8 Å². The zero-order chi connectivity index (χ0) is 24.8. The van der Waals surface area contributed by atoms with Crippen molar-refractivity contribution in [1.29, 1.82) is 0 Å². The van der Waals surface area contributed by atoms with Gasteiger partial charge in [0, 0.05) is 12.6 Å². The van der Waals surface area contributed by atoms with E-state index < -0.39 is 28.5 Å². The van der Waals surface area contributed by atoms with Crippen molar-refractivity contribution in [2.75, 3.05) is 17.1 Å². The lowest BCUT2D eigenvalue weighted by molar-refractivity contribution is -0.140. The van der Waals surface area contributed by atoms with Crippen molar-refractivity contribution in [3.8, 4) is 0 Å². The van der Waals surface area contributed by atoms with Gasteiger partial charge in [-0.15, -0.1) is 0 Å². The third-order valence-electron chi connectivity index (χ3n) is 4.88. The van der Waals surface area contributed by atoms with Crippen LogP contribution >= 0.6 is 23.2 Å². The van der Waals surface area contributed by atoms with Crippen molar-refractivity contribution in [2.24, 2.45) is 0 Å². The number of sulfonamides is 1. The number of para-hydroxylation sites is 1. The third kappa shape index (κ3) is 7.62. The molecule has 2 aromatic rings. The van der Waals surface area contributed by atoms with Crippen molar-refractivity contribution in [1.82, 2.24) is 10.2 Å². The Morgan fingerprint density at radius 2 is 1.67 bits per heavy atom. The molecule has 0 spiro atoms. The number of amides is 2. The Labute approximate surface area is 205 Å². The molecule has 1 N–H and O–H groups in total. The van der Waals surface area contributed by atoms with Crippen LogP contribution in [-0.2, 0) is 26.2 Å². The van der Waals surface area contributed by atoms with Gasteiger partial charge in [0.2, 0.25) is 21.8 Å². The standard InChI is InChI=1S/C23H29Cl2N3O4S/c1-5-21(23(30)26-16(2)3)27(14-17-11-12-19(24)20(25)13-17)22(29)15-28(33(4,31)32)18-9-7-6-8-10-18/h6-13,16,21H,5,14-15H2,1-4H3,(H,26,30). The van der Waals surface area contributed by atoms with E-state index in [9.17, 15) is 18.0 Å². The molecule has 2 rings (SSSR count). The van der Waals surface area contributed by atoms with Crippen molar-refractivity contribution >= 4 is 50.7 Å². The van der Waals surface area contributed by atoms with Crippen LogP contribution in [0.3, 0.4) is 0 Å². The Hall–Kier alpha value is -2.29. The summed E-state index contributed by atoms with van der Waals surface area (Å²) in [6.07, 6.45) is 1.38. The highest BCUT2D eigenvalue weighted by Gasteiger charge is 2.32. The van der Waals surface area contributed by atoms with E-state index in [0.29, 0.717) is 27.7 Å². The second-order valence-corrected chi connectivity index (χ2v) is 10.7. The zero-order valence-corrected chi connectivity index (χ0v) is 21.4. The lowest BCUT2D eigenvalue weighted by Crippen LogP contribution is -2.53. The number of benzene rings is 2. The molecule has 1 unspecified atom stereocenters. The molecule has 10 heteroatoms. The molecule has 2 amide bonds. The van der Waals surface area contributed by atoms with Gasteiger partial charge < -0.3 is 10.2 Å². The number of hydrogen-bond donors (Lipinski definition) is 1. The minimum atomic E-state index is -3.76. The minimum Gasteiger partial charge on any atom is -0.352 e. The quantitative estimate of drug-likeness (QED) is 0.518. The molecule has 0 saturated heterocycles. The first-order chi connectivity index (χ1) is 15.4. The van der Waals surface area contributed by atoms with Crippen LogP contribution in [0, 0.1) is 0 Å². The molecule has 180 valence electrons. The van der Waals surface area contributed by atoms with Gasteiger partial charge in [0.25, 0.3) is 0 Å². The molecule has 33 heavy (non-hydrogen) atoms. The average Bonchev–Trinajstić information content (AvgIpc) is 2.73. The minimum absolute atomic E-state index is 0.0616. The first kappa shape index (κ1) is 27.0. The predicted octanol–water partition coefficient (Wildman–Crippen LogP) is 4.09. The number of anilines is 1. The van der Waals surface area contributed by atoms with Crippen LogP contribution in [0.15, 0.2) is 48.5 Å². The van der Waals surface area contributed by atoms with Crippen LogP contribution in [0.4, 0.5) is 5.69 Å². The van der Waals surface area contributed by atoms with Crippen LogP contribution < -0.4 is 9.62 Å². The highest BCUT2D eigenvalue weighted by atomic mass is 35.5. The van der Waals surface area contributed by atoms with Crippen molar-refractivity contribution in [3.63, 3.8) is 0 Å². The fourth-order valence-electron chi connectivity index (χ4n) is 3.34. The Bertz CT molecular complexity index is 1080. The van der Waals surface area contributed by atoms with Crippen LogP contribution in [0.1, 0.15) is 32.8 Å². The maximum absolute atomic E-state index is 13.5. The molecular formula is C23H29Cl2N3O4S. The number of carbonyl (C=O) groups excluding carboxylic acids is 2. The molecule has 0 radical (unpaired) electrons. The van der Waals surface area contributed by atoms with E-state index in [1.165, 1.54) is 4.90 Å². The summed E-state index contributed by atoms with van der Waals surface area (Å²) in [7, 11) is -3.76. The molecule has 1 atom stereocenters. The zero-order valence-electron chi connectivity index (χ0n) is 19.1. The summed E-state index contributed by atoms with van der Waals surface area (Å²) < 4.78 is 26.0. The van der Waals surface area contributed by atoms with E-state index in [1.54, 1.807) is 55.5 Å². The fraction of sp³-hybridized carbons (Fsp3) is 0.391. The van der Waals surface area contributed by atoms with Gasteiger partial charge in [-0.25, -0.2) is 8.42 Å². The molecule has 0 aromatic heterocycles. The highest BCUT2D eigenvalue weighted by Crippen LogP contribution is 2.25. The topological polar surface area (TPSA) is 86.8 Å². The fourth-order valence-corrected chi connectivity index (χ4v) is 4.51. The number of hydrogen-bond acceptors (Lipinski definition) is 4. The van der Waals surface area contributed by atoms with E-state index in [-0.39, 0.29) is 18.5 Å². The van der Waals surface area contributed by atoms with Crippen molar-refractivity contribution in [2.45, 2.75) is 45.8 Å². The van der Waals surface area contributed by atoms with Crippen LogP contribution in [-0.4, -0.2) is 50.0 Å². The van der Waals surface area contributed by atoms with E-state index >= 15 is 0 Å². The first-order valence-corrected chi connectivity index (χ1v) is 13.1. The summed E-state index contributed by atoms with van der Waals surface area (Å²) in [5.41, 5.74) is 1.03. The Kier molecular flexibility index (Phi) is 9.57. The van der Waals surface area contributed by atoms with Gasteiger partial charge in [0.05, 0.1) is 22.0 Å². The summed E-state index contributed by atoms with van der Waals surface area (Å²) in [6.45, 7) is 5.07. The van der Waals surface area contributed by atoms with Gasteiger partial charge in [0.15, 0.2) is 0 Å². The van der Waals surface area contributed by atoms with E-state index in [4.69, 9.17) is 23.2 Å². The Morgan fingerprint density at radius 3 is 2.18 bits per heavy atom. The molecule has 0 heterocycles. The number of carbonyl (C=O) groups is 2. The maximum Gasteiger partial charge on any atom is 0.244 e. The van der Waals surface area contributed by atoms with E-state index in [2.05, 4.69) is 5.32 Å². The summed E-state index contributed by atoms with van der Waals surface area (Å²) in [5.74, 6) is -0.826. The van der Waals surface area contributed by atoms with Gasteiger partial charge in [0.1, 0.15) is 12.6 Å². The van der Waals surface area contributed by atoms with Crippen LogP contribution in [0.5, 0.6) is 0 Å². The maximum atomic E-state index is 13.5. The van der Waals surface area contributed by atoms with Gasteiger partial charge in [-0.1, -0.05) is 54.4 Å². The number of halogens is 2. The second-order valence-electron chi connectivity index (χ2n) is 7.96. The normalized spacial score (nSPS) is 12.3. The lowest BCUT2D eigenvalue weighted by Gasteiger charge is -2.33. The molecule has 0 bridgehead atoms. The molecule has 0 aliphatic carbocycles. The monoisotopic (exact) mass is 513 g/mol. The third-order valence-corrected chi connectivity index (χ3v) is 6.76. The first-order valence-electron chi connectivity index (χ1n) is 10.5. The SMILES string of the molecule is CCC(C(=O)NC(C)C)N(Cc1ccc(Cl)c(Cl)c1)C(=O)CN(c1ccccc1)S(C)(=O)=O. The molecule has 0 fully saturated rings. The largest absolute Gasteiger partial charge is 0.352 e. The van der Waals surface area contributed by atoms with Gasteiger partial charge in [-0.2, -0.15) is 0 Å². The number of rotatable bonds is 10. The van der Waals surface area contributed by atoms with Gasteiger partial charge >= 0.3 is 0 Å². The number of nitrogens with one attached hydrogen (secondary N) is 1. The smallest absolute Gasteiger partial charge is 0.244 e. The molecule has 2 aromatic carbocycles. The van der Waals surface area contributed by atoms with Gasteiger partial charge in [-0.3, -0.25) is 13.9 Å². The highest BCUT2D eigenvalue weighted by molar-refractivity contribution is 7.92. The summed E-state index contributed by atoms with van der Waals surface area (Å²) >= 11 is 12.2. The molecule has 0 saturated carbocycles. The average molecular weight is 514 g/mol. The van der Waals surface area contributed by atoms with Crippen LogP contribution in [0.2, 0.25) is 10.0 Å². The summed E-state index contributed by atoms with van der Waals surface area (Å²) in [6, 6.07) is 12.4. The van der Waals surface area contributed by atoms with Crippen molar-refractivity contribution in [3.05, 3.63) is 64.1 Å². The summed E-state index contributed by atoms with van der Waals surface area (Å²) in [5, 5.41) is 3.53. The number of nitrogens with zero attached hydrogens (tertiary/aromatic N) is 2. The lowest BCUT2D eigenvalue weighted by atomic mass is 10.1. The Balaban J connectivity index is 2.44. The summed E-state index contributed by atoms with van der Waals surface area (Å²) in [4.78, 5) is 27.8. The molecular weight excluding hydrogens is 485 g/mol. The van der Waals surface area contributed by atoms with Crippen LogP contribution in [0.25, 0.3) is 0 Å². The predicted molar refractivity (Wildman–Crippen MR) is 133 cm³/mol. The second kappa shape index (κ2) is 11.7. The van der Waals surface area contributed by atoms with Crippen molar-refractivity contribution < 1.29 is 18.0 Å². The molecule has 0 aliphatic rings. The molecule has 7 nitrogen and oxygen atoms in total. The molecule has 0 aliphatic heterocycles. The Morgan fingerprint density at radius 1 is 1.03 bits per heavy atom.